The van der Waals surface area contributed by atoms with E-state index in [9.17, 15) is 9.59 Å². The molecule has 1 aliphatic rings. The lowest BCUT2D eigenvalue weighted by atomic mass is 10.2. The predicted octanol–water partition coefficient (Wildman–Crippen LogP) is 4.06. The van der Waals surface area contributed by atoms with E-state index in [1.807, 2.05) is 25.1 Å². The second-order valence-corrected chi connectivity index (χ2v) is 9.65. The summed E-state index contributed by atoms with van der Waals surface area (Å²) in [5.74, 6) is 1.20. The van der Waals surface area contributed by atoms with E-state index in [2.05, 4.69) is 15.3 Å². The van der Waals surface area contributed by atoms with Crippen molar-refractivity contribution in [2.24, 2.45) is 0 Å². The molecule has 1 aromatic carbocycles. The number of aromatic nitrogens is 2. The first kappa shape index (κ1) is 20.3. The van der Waals surface area contributed by atoms with Crippen LogP contribution in [0.5, 0.6) is 0 Å². The fraction of sp³-hybridized carbons (Fsp3) is 0.350. The van der Waals surface area contributed by atoms with Crippen molar-refractivity contribution in [3.63, 3.8) is 0 Å². The highest BCUT2D eigenvalue weighted by atomic mass is 35.5. The summed E-state index contributed by atoms with van der Waals surface area (Å²) < 4.78 is 0. The molecule has 6 nitrogen and oxygen atoms in total. The SMILES string of the molecule is CN(C)c1ccc(Cl)cc1NC(=O)CSCc1nc2sc3c(c2c(=O)[nH]1)CCC3. The molecule has 0 atom stereocenters. The summed E-state index contributed by atoms with van der Waals surface area (Å²) in [6.07, 6.45) is 3.12. The number of thioether (sulfide) groups is 1. The monoisotopic (exact) mass is 448 g/mol. The number of hydrogen-bond acceptors (Lipinski definition) is 6. The maximum absolute atomic E-state index is 12.5. The van der Waals surface area contributed by atoms with Crippen molar-refractivity contribution < 1.29 is 4.79 Å². The van der Waals surface area contributed by atoms with Crippen molar-refractivity contribution in [2.75, 3.05) is 30.1 Å². The van der Waals surface area contributed by atoms with Gasteiger partial charge in [0, 0.05) is 24.0 Å². The number of nitrogens with one attached hydrogen (secondary N) is 2. The highest BCUT2D eigenvalue weighted by Crippen LogP contribution is 2.34. The van der Waals surface area contributed by atoms with Crippen LogP contribution < -0.4 is 15.8 Å². The van der Waals surface area contributed by atoms with Gasteiger partial charge in [-0.3, -0.25) is 9.59 Å². The van der Waals surface area contributed by atoms with Crippen molar-refractivity contribution >= 4 is 62.2 Å². The van der Waals surface area contributed by atoms with Gasteiger partial charge in [0.2, 0.25) is 5.91 Å². The van der Waals surface area contributed by atoms with Crippen LogP contribution in [0.15, 0.2) is 23.0 Å². The van der Waals surface area contributed by atoms with Gasteiger partial charge in [0.15, 0.2) is 0 Å². The van der Waals surface area contributed by atoms with E-state index in [0.717, 1.165) is 35.2 Å². The first-order valence-corrected chi connectivity index (χ1v) is 11.6. The van der Waals surface area contributed by atoms with E-state index < -0.39 is 0 Å². The summed E-state index contributed by atoms with van der Waals surface area (Å²) >= 11 is 9.10. The molecule has 0 saturated carbocycles. The van der Waals surface area contributed by atoms with Gasteiger partial charge in [-0.1, -0.05) is 11.6 Å². The molecule has 0 saturated heterocycles. The number of hydrogen-bond donors (Lipinski definition) is 2. The van der Waals surface area contributed by atoms with Crippen molar-refractivity contribution in [3.05, 3.63) is 49.8 Å². The van der Waals surface area contributed by atoms with Crippen LogP contribution in [0.1, 0.15) is 22.7 Å². The Morgan fingerprint density at radius 2 is 2.21 bits per heavy atom. The van der Waals surface area contributed by atoms with E-state index in [1.165, 1.54) is 22.2 Å². The molecule has 9 heteroatoms. The molecule has 1 amide bonds. The normalized spacial score (nSPS) is 12.9. The molecule has 29 heavy (non-hydrogen) atoms. The zero-order valence-corrected chi connectivity index (χ0v) is 18.6. The largest absolute Gasteiger partial charge is 0.376 e. The van der Waals surface area contributed by atoms with Gasteiger partial charge < -0.3 is 15.2 Å². The number of amides is 1. The van der Waals surface area contributed by atoms with E-state index in [1.54, 1.807) is 23.5 Å². The van der Waals surface area contributed by atoms with Gasteiger partial charge in [-0.15, -0.1) is 23.1 Å². The Balaban J connectivity index is 1.40. The lowest BCUT2D eigenvalue weighted by Crippen LogP contribution is -2.18. The number of thiophene rings is 1. The molecule has 0 aliphatic heterocycles. The highest BCUT2D eigenvalue weighted by molar-refractivity contribution is 7.99. The van der Waals surface area contributed by atoms with E-state index >= 15 is 0 Å². The van der Waals surface area contributed by atoms with Crippen molar-refractivity contribution in [1.82, 2.24) is 9.97 Å². The van der Waals surface area contributed by atoms with E-state index in [-0.39, 0.29) is 17.2 Å². The van der Waals surface area contributed by atoms with Gasteiger partial charge in [0.05, 0.1) is 28.3 Å². The Morgan fingerprint density at radius 3 is 3.00 bits per heavy atom. The number of anilines is 2. The van der Waals surface area contributed by atoms with Crippen LogP contribution in [0, 0.1) is 0 Å². The summed E-state index contributed by atoms with van der Waals surface area (Å²) in [6, 6.07) is 5.40. The van der Waals surface area contributed by atoms with Crippen molar-refractivity contribution in [3.8, 4) is 0 Å². The summed E-state index contributed by atoms with van der Waals surface area (Å²) in [4.78, 5) is 36.4. The Labute approximate surface area is 181 Å². The molecule has 1 aliphatic carbocycles. The van der Waals surface area contributed by atoms with Crippen LogP contribution in [0.4, 0.5) is 11.4 Å². The molecule has 0 spiro atoms. The second-order valence-electron chi connectivity index (χ2n) is 7.15. The first-order chi connectivity index (χ1) is 13.9. The number of fused-ring (bicyclic) bond motifs is 3. The Hall–Kier alpha value is -2.03. The third-order valence-corrected chi connectivity index (χ3v) is 7.18. The molecular formula is C20H21ClN4O2S2. The molecule has 0 unspecified atom stereocenters. The molecular weight excluding hydrogens is 428 g/mol. The molecule has 2 aromatic heterocycles. The number of nitrogens with zero attached hydrogens (tertiary/aromatic N) is 2. The maximum atomic E-state index is 12.5. The number of rotatable bonds is 6. The van der Waals surface area contributed by atoms with Gasteiger partial charge in [-0.2, -0.15) is 0 Å². The smallest absolute Gasteiger partial charge is 0.259 e. The minimum atomic E-state index is -0.126. The molecule has 2 N–H and O–H groups in total. The standard InChI is InChI=1S/C20H21ClN4O2S2/c1-25(2)14-7-6-11(21)8-13(14)22-17(26)10-28-9-16-23-19(27)18-12-4-3-5-15(12)29-20(18)24-16/h6-8H,3-5,9-10H2,1-2H3,(H,22,26)(H,23,24,27). The number of halogens is 1. The van der Waals surface area contributed by atoms with Gasteiger partial charge in [-0.05, 0) is 43.0 Å². The number of aromatic amines is 1. The van der Waals surface area contributed by atoms with Crippen molar-refractivity contribution in [1.29, 1.82) is 0 Å². The minimum Gasteiger partial charge on any atom is -0.376 e. The highest BCUT2D eigenvalue weighted by Gasteiger charge is 2.21. The number of carbonyl (C=O) groups is 1. The average Bonchev–Trinajstić information content (AvgIpc) is 3.22. The number of carbonyl (C=O) groups excluding carboxylic acids is 1. The zero-order valence-electron chi connectivity index (χ0n) is 16.2. The Bertz CT molecular complexity index is 1140. The van der Waals surface area contributed by atoms with E-state index in [4.69, 9.17) is 11.6 Å². The molecule has 3 aromatic rings. The number of benzene rings is 1. The average molecular weight is 449 g/mol. The Morgan fingerprint density at radius 1 is 1.38 bits per heavy atom. The number of aryl methyl sites for hydroxylation is 2. The van der Waals surface area contributed by atoms with Crippen LogP contribution >= 0.6 is 34.7 Å². The second kappa shape index (κ2) is 8.38. The molecule has 0 radical (unpaired) electrons. The van der Waals surface area contributed by atoms with Crippen LogP contribution in [-0.4, -0.2) is 35.7 Å². The predicted molar refractivity (Wildman–Crippen MR) is 123 cm³/mol. The molecule has 152 valence electrons. The van der Waals surface area contributed by atoms with Crippen LogP contribution in [0.25, 0.3) is 10.2 Å². The first-order valence-electron chi connectivity index (χ1n) is 9.30. The summed E-state index contributed by atoms with van der Waals surface area (Å²) in [6.45, 7) is 0. The fourth-order valence-corrected chi connectivity index (χ4v) is 5.68. The molecule has 2 heterocycles. The Kier molecular flexibility index (Phi) is 5.85. The summed E-state index contributed by atoms with van der Waals surface area (Å²) in [5, 5.41) is 4.23. The summed E-state index contributed by atoms with van der Waals surface area (Å²) in [7, 11) is 3.82. The third-order valence-electron chi connectivity index (χ3n) is 4.81. The van der Waals surface area contributed by atoms with Crippen LogP contribution in [0.3, 0.4) is 0 Å². The van der Waals surface area contributed by atoms with Crippen molar-refractivity contribution in [2.45, 2.75) is 25.0 Å². The topological polar surface area (TPSA) is 78.1 Å². The van der Waals surface area contributed by atoms with Crippen LogP contribution in [0.2, 0.25) is 5.02 Å². The van der Waals surface area contributed by atoms with Crippen LogP contribution in [-0.2, 0) is 23.4 Å². The molecule has 0 bridgehead atoms. The molecule has 4 rings (SSSR count). The lowest BCUT2D eigenvalue weighted by molar-refractivity contribution is -0.113. The van der Waals surface area contributed by atoms with Gasteiger partial charge in [-0.25, -0.2) is 4.98 Å². The van der Waals surface area contributed by atoms with Gasteiger partial charge in [0.1, 0.15) is 10.7 Å². The quantitative estimate of drug-likeness (QED) is 0.594. The number of H-pyrrole nitrogens is 1. The van der Waals surface area contributed by atoms with E-state index in [0.29, 0.717) is 22.3 Å². The third kappa shape index (κ3) is 4.29. The van der Waals surface area contributed by atoms with Gasteiger partial charge >= 0.3 is 0 Å². The maximum Gasteiger partial charge on any atom is 0.259 e. The lowest BCUT2D eigenvalue weighted by Gasteiger charge is -2.18. The zero-order chi connectivity index (χ0) is 20.5. The minimum absolute atomic E-state index is 0.0657. The van der Waals surface area contributed by atoms with Gasteiger partial charge in [0.25, 0.3) is 5.56 Å². The molecule has 0 fully saturated rings. The summed E-state index contributed by atoms with van der Waals surface area (Å²) in [5.41, 5.74) is 2.67. The fourth-order valence-electron chi connectivity index (χ4n) is 3.54.